The molecule has 1 aromatic heterocycles. The third-order valence-corrected chi connectivity index (χ3v) is 2.45. The molecule has 84 valence electrons. The second-order valence-corrected chi connectivity index (χ2v) is 4.21. The summed E-state index contributed by atoms with van der Waals surface area (Å²) >= 11 is 0. The summed E-state index contributed by atoms with van der Waals surface area (Å²) in [6.07, 6.45) is 0. The van der Waals surface area contributed by atoms with Crippen molar-refractivity contribution in [3.8, 4) is 11.6 Å². The first-order chi connectivity index (χ1) is 7.65. The Balaban J connectivity index is 2.11. The molecule has 0 radical (unpaired) electrons. The monoisotopic (exact) mass is 216 g/mol. The van der Waals surface area contributed by atoms with Crippen LogP contribution in [0.1, 0.15) is 31.0 Å². The van der Waals surface area contributed by atoms with Gasteiger partial charge in [-0.05, 0) is 30.5 Å². The maximum absolute atomic E-state index is 5.59. The van der Waals surface area contributed by atoms with Gasteiger partial charge >= 0.3 is 0 Å². The van der Waals surface area contributed by atoms with E-state index in [1.165, 1.54) is 5.56 Å². The van der Waals surface area contributed by atoms with Gasteiger partial charge in [0.1, 0.15) is 5.75 Å². The third-order valence-electron chi connectivity index (χ3n) is 2.45. The van der Waals surface area contributed by atoms with Gasteiger partial charge in [-0.1, -0.05) is 26.0 Å². The average molecular weight is 216 g/mol. The normalized spacial score (nSPS) is 10.8. The van der Waals surface area contributed by atoms with Gasteiger partial charge in [-0.15, -0.1) is 5.10 Å². The predicted molar refractivity (Wildman–Crippen MR) is 63.9 cm³/mol. The molecule has 0 atom stereocenters. The fourth-order valence-electron chi connectivity index (χ4n) is 1.49. The lowest BCUT2D eigenvalue weighted by molar-refractivity contribution is 0.461. The highest BCUT2D eigenvalue weighted by molar-refractivity contribution is 5.31. The van der Waals surface area contributed by atoms with Gasteiger partial charge in [0, 0.05) is 11.8 Å². The first-order valence-electron chi connectivity index (χ1n) is 5.45. The first kappa shape index (κ1) is 10.7. The van der Waals surface area contributed by atoms with Gasteiger partial charge < -0.3 is 4.74 Å². The van der Waals surface area contributed by atoms with E-state index in [4.69, 9.17) is 4.74 Å². The van der Waals surface area contributed by atoms with Crippen molar-refractivity contribution in [1.82, 2.24) is 10.2 Å². The van der Waals surface area contributed by atoms with Crippen molar-refractivity contribution in [3.05, 3.63) is 41.6 Å². The Labute approximate surface area is 95.5 Å². The van der Waals surface area contributed by atoms with E-state index in [1.54, 1.807) is 0 Å². The van der Waals surface area contributed by atoms with E-state index in [-0.39, 0.29) is 0 Å². The minimum Gasteiger partial charge on any atom is -0.438 e. The molecule has 1 N–H and O–H groups in total. The molecule has 0 aliphatic carbocycles. The Hall–Kier alpha value is -1.77. The van der Waals surface area contributed by atoms with Gasteiger partial charge in [-0.3, -0.25) is 5.10 Å². The Kier molecular flexibility index (Phi) is 2.95. The molecule has 0 aliphatic heterocycles. The SMILES string of the molecule is Cc1cc(Oc2ccc(C(C)C)cc2)n[nH]1. The molecule has 1 heterocycles. The maximum atomic E-state index is 5.59. The lowest BCUT2D eigenvalue weighted by Gasteiger charge is -2.06. The van der Waals surface area contributed by atoms with E-state index in [1.807, 2.05) is 25.1 Å². The van der Waals surface area contributed by atoms with Crippen LogP contribution in [0, 0.1) is 6.92 Å². The molecule has 2 aromatic rings. The van der Waals surface area contributed by atoms with E-state index in [0.29, 0.717) is 11.8 Å². The largest absolute Gasteiger partial charge is 0.438 e. The van der Waals surface area contributed by atoms with Gasteiger partial charge in [0.05, 0.1) is 0 Å². The number of aromatic amines is 1. The predicted octanol–water partition coefficient (Wildman–Crippen LogP) is 3.63. The van der Waals surface area contributed by atoms with Crippen LogP contribution in [0.2, 0.25) is 0 Å². The molecular formula is C13H16N2O. The van der Waals surface area contributed by atoms with Crippen LogP contribution in [0.5, 0.6) is 11.6 Å². The number of nitrogens with zero attached hydrogens (tertiary/aromatic N) is 1. The van der Waals surface area contributed by atoms with Crippen molar-refractivity contribution in [1.29, 1.82) is 0 Å². The summed E-state index contributed by atoms with van der Waals surface area (Å²) in [4.78, 5) is 0. The Morgan fingerprint density at radius 3 is 2.38 bits per heavy atom. The lowest BCUT2D eigenvalue weighted by Crippen LogP contribution is -1.88. The van der Waals surface area contributed by atoms with E-state index in [2.05, 4.69) is 36.2 Å². The summed E-state index contributed by atoms with van der Waals surface area (Å²) in [5.74, 6) is 1.97. The number of H-pyrrole nitrogens is 1. The van der Waals surface area contributed by atoms with Gasteiger partial charge in [0.15, 0.2) is 0 Å². The highest BCUT2D eigenvalue weighted by atomic mass is 16.5. The van der Waals surface area contributed by atoms with Gasteiger partial charge in [0.25, 0.3) is 0 Å². The summed E-state index contributed by atoms with van der Waals surface area (Å²) in [5, 5.41) is 6.86. The van der Waals surface area contributed by atoms with Gasteiger partial charge in [0.2, 0.25) is 5.88 Å². The summed E-state index contributed by atoms with van der Waals surface area (Å²) in [5.41, 5.74) is 2.30. The Morgan fingerprint density at radius 1 is 1.19 bits per heavy atom. The molecule has 0 saturated heterocycles. The van der Waals surface area contributed by atoms with Crippen LogP contribution in [0.15, 0.2) is 30.3 Å². The van der Waals surface area contributed by atoms with E-state index >= 15 is 0 Å². The second-order valence-electron chi connectivity index (χ2n) is 4.21. The molecule has 0 spiro atoms. The van der Waals surface area contributed by atoms with Crippen molar-refractivity contribution < 1.29 is 4.74 Å². The second kappa shape index (κ2) is 4.39. The van der Waals surface area contributed by atoms with Gasteiger partial charge in [-0.25, -0.2) is 0 Å². The van der Waals surface area contributed by atoms with Crippen LogP contribution in [0.25, 0.3) is 0 Å². The fourth-order valence-corrected chi connectivity index (χ4v) is 1.49. The van der Waals surface area contributed by atoms with Crippen LogP contribution in [0.4, 0.5) is 0 Å². The van der Waals surface area contributed by atoms with Crippen LogP contribution in [-0.4, -0.2) is 10.2 Å². The van der Waals surface area contributed by atoms with Crippen molar-refractivity contribution in [2.75, 3.05) is 0 Å². The minimum atomic E-state index is 0.543. The van der Waals surface area contributed by atoms with Gasteiger partial charge in [-0.2, -0.15) is 0 Å². The van der Waals surface area contributed by atoms with Crippen LogP contribution in [0.3, 0.4) is 0 Å². The summed E-state index contributed by atoms with van der Waals surface area (Å²) < 4.78 is 5.59. The number of rotatable bonds is 3. The number of benzene rings is 1. The number of aromatic nitrogens is 2. The molecule has 0 aliphatic rings. The zero-order chi connectivity index (χ0) is 11.5. The van der Waals surface area contributed by atoms with E-state index in [9.17, 15) is 0 Å². The highest BCUT2D eigenvalue weighted by Gasteiger charge is 2.02. The zero-order valence-electron chi connectivity index (χ0n) is 9.82. The smallest absolute Gasteiger partial charge is 0.238 e. The Bertz CT molecular complexity index is 457. The van der Waals surface area contributed by atoms with Crippen molar-refractivity contribution in [3.63, 3.8) is 0 Å². The van der Waals surface area contributed by atoms with Crippen LogP contribution >= 0.6 is 0 Å². The van der Waals surface area contributed by atoms with Crippen molar-refractivity contribution >= 4 is 0 Å². The number of hydrogen-bond donors (Lipinski definition) is 1. The highest BCUT2D eigenvalue weighted by Crippen LogP contribution is 2.22. The summed E-state index contributed by atoms with van der Waals surface area (Å²) in [6, 6.07) is 9.98. The quantitative estimate of drug-likeness (QED) is 0.850. The molecule has 16 heavy (non-hydrogen) atoms. The van der Waals surface area contributed by atoms with Crippen molar-refractivity contribution in [2.45, 2.75) is 26.7 Å². The number of hydrogen-bond acceptors (Lipinski definition) is 2. The summed E-state index contributed by atoms with van der Waals surface area (Å²) in [6.45, 7) is 6.29. The molecule has 2 rings (SSSR count). The van der Waals surface area contributed by atoms with Crippen LogP contribution < -0.4 is 4.74 Å². The zero-order valence-corrected chi connectivity index (χ0v) is 9.82. The topological polar surface area (TPSA) is 37.9 Å². The minimum absolute atomic E-state index is 0.543. The molecule has 0 amide bonds. The summed E-state index contributed by atoms with van der Waals surface area (Å²) in [7, 11) is 0. The molecule has 1 aromatic carbocycles. The average Bonchev–Trinajstić information content (AvgIpc) is 2.65. The Morgan fingerprint density at radius 2 is 1.88 bits per heavy atom. The number of ether oxygens (including phenoxy) is 1. The van der Waals surface area contributed by atoms with E-state index < -0.39 is 0 Å². The molecule has 3 nitrogen and oxygen atoms in total. The third kappa shape index (κ3) is 2.42. The van der Waals surface area contributed by atoms with Crippen molar-refractivity contribution in [2.24, 2.45) is 0 Å². The van der Waals surface area contributed by atoms with E-state index in [0.717, 1.165) is 11.4 Å². The molecule has 0 bridgehead atoms. The first-order valence-corrected chi connectivity index (χ1v) is 5.45. The molecule has 3 heteroatoms. The lowest BCUT2D eigenvalue weighted by atomic mass is 10.0. The standard InChI is InChI=1S/C13H16N2O/c1-9(2)11-4-6-12(7-5-11)16-13-8-10(3)14-15-13/h4-9H,1-3H3,(H,14,15). The molecule has 0 unspecified atom stereocenters. The molecule has 0 fully saturated rings. The maximum Gasteiger partial charge on any atom is 0.238 e. The number of aryl methyl sites for hydroxylation is 1. The molecule has 0 saturated carbocycles. The number of nitrogens with one attached hydrogen (secondary N) is 1. The fraction of sp³-hybridized carbons (Fsp3) is 0.308. The molecular weight excluding hydrogens is 200 g/mol. The van der Waals surface area contributed by atoms with Crippen LogP contribution in [-0.2, 0) is 0 Å².